The Morgan fingerprint density at radius 2 is 1.92 bits per heavy atom. The van der Waals surface area contributed by atoms with Crippen LogP contribution in [0.25, 0.3) is 0 Å². The van der Waals surface area contributed by atoms with Crippen LogP contribution in [0.4, 0.5) is 0 Å². The third kappa shape index (κ3) is 1.67. The Hall–Kier alpha value is -0.0200. The second-order valence-electron chi connectivity index (χ2n) is 3.83. The highest BCUT2D eigenvalue weighted by molar-refractivity contribution is 9.10. The van der Waals surface area contributed by atoms with Crippen molar-refractivity contribution in [2.75, 3.05) is 0 Å². The first-order chi connectivity index (χ1) is 5.34. The topological polar surface area (TPSA) is 17.8 Å². The van der Waals surface area contributed by atoms with E-state index in [9.17, 15) is 0 Å². The minimum absolute atomic E-state index is 0.0319. The van der Waals surface area contributed by atoms with Gasteiger partial charge in [-0.3, -0.25) is 4.68 Å². The molecule has 1 aromatic rings. The van der Waals surface area contributed by atoms with E-state index in [1.54, 1.807) is 4.68 Å². The molecule has 0 spiro atoms. The summed E-state index contributed by atoms with van der Waals surface area (Å²) < 4.78 is 2.51. The van der Waals surface area contributed by atoms with Gasteiger partial charge in [-0.1, -0.05) is 32.4 Å². The molecule has 0 fully saturated rings. The van der Waals surface area contributed by atoms with Crippen LogP contribution in [0, 0.1) is 0 Å². The number of hydrogen-bond donors (Lipinski definition) is 0. The number of nitrogens with zero attached hydrogens (tertiary/aromatic N) is 2. The van der Waals surface area contributed by atoms with E-state index in [1.807, 2.05) is 7.05 Å². The summed E-state index contributed by atoms with van der Waals surface area (Å²) >= 11 is 9.46. The lowest BCUT2D eigenvalue weighted by atomic mass is 9.90. The first kappa shape index (κ1) is 10.1. The molecule has 1 heterocycles. The number of hydrogen-bond acceptors (Lipinski definition) is 1. The van der Waals surface area contributed by atoms with Crippen LogP contribution >= 0.6 is 27.5 Å². The van der Waals surface area contributed by atoms with Gasteiger partial charge in [-0.25, -0.2) is 0 Å². The fourth-order valence-corrected chi connectivity index (χ4v) is 2.64. The van der Waals surface area contributed by atoms with E-state index in [2.05, 4.69) is 41.8 Å². The van der Waals surface area contributed by atoms with Gasteiger partial charge >= 0.3 is 0 Å². The molecule has 2 nitrogen and oxygen atoms in total. The average Bonchev–Trinajstić information content (AvgIpc) is 2.05. The first-order valence-electron chi connectivity index (χ1n) is 3.72. The van der Waals surface area contributed by atoms with Gasteiger partial charge in [0.25, 0.3) is 0 Å². The second-order valence-corrected chi connectivity index (χ2v) is 4.94. The summed E-state index contributed by atoms with van der Waals surface area (Å²) in [6.45, 7) is 6.34. The van der Waals surface area contributed by atoms with Gasteiger partial charge in [0.1, 0.15) is 9.76 Å². The van der Waals surface area contributed by atoms with E-state index in [0.717, 1.165) is 10.2 Å². The lowest BCUT2D eigenvalue weighted by Crippen LogP contribution is -2.11. The maximum absolute atomic E-state index is 6.07. The molecule has 0 N–H and O–H groups in total. The molecule has 12 heavy (non-hydrogen) atoms. The predicted octanol–water partition coefficient (Wildman–Crippen LogP) is 3.13. The summed E-state index contributed by atoms with van der Waals surface area (Å²) in [5.41, 5.74) is 1.09. The van der Waals surface area contributed by atoms with Crippen LogP contribution in [0.2, 0.25) is 5.15 Å². The Balaban J connectivity index is 3.32. The van der Waals surface area contributed by atoms with Crippen LogP contribution in [-0.4, -0.2) is 9.78 Å². The summed E-state index contributed by atoms with van der Waals surface area (Å²) in [6.07, 6.45) is 0. The van der Waals surface area contributed by atoms with E-state index >= 15 is 0 Å². The SMILES string of the molecule is Cn1nc(Br)c(C(C)(C)C)c1Cl. The highest BCUT2D eigenvalue weighted by atomic mass is 79.9. The molecule has 0 aromatic carbocycles. The molecular weight excluding hydrogens is 239 g/mol. The van der Waals surface area contributed by atoms with Crippen molar-refractivity contribution in [2.24, 2.45) is 7.05 Å². The van der Waals surface area contributed by atoms with E-state index in [0.29, 0.717) is 5.15 Å². The van der Waals surface area contributed by atoms with Crippen molar-refractivity contribution in [2.45, 2.75) is 26.2 Å². The van der Waals surface area contributed by atoms with Crippen molar-refractivity contribution in [3.05, 3.63) is 15.3 Å². The predicted molar refractivity (Wildman–Crippen MR) is 54.6 cm³/mol. The zero-order chi connectivity index (χ0) is 9.52. The van der Waals surface area contributed by atoms with Gasteiger partial charge < -0.3 is 0 Å². The maximum Gasteiger partial charge on any atom is 0.133 e. The molecule has 1 rings (SSSR count). The van der Waals surface area contributed by atoms with E-state index < -0.39 is 0 Å². The Bertz CT molecular complexity index is 299. The van der Waals surface area contributed by atoms with Gasteiger partial charge in [-0.15, -0.1) is 0 Å². The zero-order valence-electron chi connectivity index (χ0n) is 7.65. The average molecular weight is 252 g/mol. The Morgan fingerprint density at radius 3 is 2.08 bits per heavy atom. The van der Waals surface area contributed by atoms with Gasteiger partial charge in [-0.2, -0.15) is 5.10 Å². The number of aryl methyl sites for hydroxylation is 1. The molecule has 68 valence electrons. The van der Waals surface area contributed by atoms with Crippen LogP contribution in [0.15, 0.2) is 4.60 Å². The molecule has 1 aromatic heterocycles. The van der Waals surface area contributed by atoms with Crippen molar-refractivity contribution in [3.8, 4) is 0 Å². The smallest absolute Gasteiger partial charge is 0.133 e. The molecule has 0 bridgehead atoms. The molecule has 4 heteroatoms. The second kappa shape index (κ2) is 3.04. The van der Waals surface area contributed by atoms with Crippen molar-refractivity contribution in [3.63, 3.8) is 0 Å². The first-order valence-corrected chi connectivity index (χ1v) is 4.89. The Kier molecular flexibility index (Phi) is 2.55. The monoisotopic (exact) mass is 250 g/mol. The molecule has 0 aliphatic rings. The van der Waals surface area contributed by atoms with Crippen LogP contribution in [0.5, 0.6) is 0 Å². The lowest BCUT2D eigenvalue weighted by molar-refractivity contribution is 0.587. The van der Waals surface area contributed by atoms with Crippen LogP contribution in [0.3, 0.4) is 0 Å². The van der Waals surface area contributed by atoms with Crippen LogP contribution in [0.1, 0.15) is 26.3 Å². The molecule has 0 radical (unpaired) electrons. The summed E-state index contributed by atoms with van der Waals surface area (Å²) in [5.74, 6) is 0. The quantitative estimate of drug-likeness (QED) is 0.693. The van der Waals surface area contributed by atoms with Crippen molar-refractivity contribution < 1.29 is 0 Å². The van der Waals surface area contributed by atoms with Gasteiger partial charge in [-0.05, 0) is 21.3 Å². The summed E-state index contributed by atoms with van der Waals surface area (Å²) in [5, 5.41) is 4.88. The van der Waals surface area contributed by atoms with E-state index in [-0.39, 0.29) is 5.41 Å². The summed E-state index contributed by atoms with van der Waals surface area (Å²) in [7, 11) is 1.84. The minimum atomic E-state index is 0.0319. The Labute approximate surface area is 86.0 Å². The fourth-order valence-electron chi connectivity index (χ4n) is 1.09. The fraction of sp³-hybridized carbons (Fsp3) is 0.625. The van der Waals surface area contributed by atoms with Gasteiger partial charge in [0.15, 0.2) is 0 Å². The van der Waals surface area contributed by atoms with Crippen molar-refractivity contribution >= 4 is 27.5 Å². The molecule has 0 aliphatic heterocycles. The molecule has 0 unspecified atom stereocenters. The van der Waals surface area contributed by atoms with Crippen molar-refractivity contribution in [1.29, 1.82) is 0 Å². The summed E-state index contributed by atoms with van der Waals surface area (Å²) in [4.78, 5) is 0. The largest absolute Gasteiger partial charge is 0.256 e. The molecule has 0 saturated heterocycles. The van der Waals surface area contributed by atoms with Gasteiger partial charge in [0, 0.05) is 12.6 Å². The normalized spacial score (nSPS) is 12.2. The Morgan fingerprint density at radius 1 is 1.42 bits per heavy atom. The summed E-state index contributed by atoms with van der Waals surface area (Å²) in [6, 6.07) is 0. The standard InChI is InChI=1S/C8H12BrClN2/c1-8(2,3)5-6(9)11-12(4)7(5)10/h1-4H3. The minimum Gasteiger partial charge on any atom is -0.256 e. The van der Waals surface area contributed by atoms with Gasteiger partial charge in [0.05, 0.1) is 0 Å². The van der Waals surface area contributed by atoms with E-state index in [1.165, 1.54) is 0 Å². The van der Waals surface area contributed by atoms with Gasteiger partial charge in [0.2, 0.25) is 0 Å². The molecule has 0 saturated carbocycles. The molecule has 0 atom stereocenters. The number of rotatable bonds is 0. The zero-order valence-corrected chi connectivity index (χ0v) is 9.99. The number of aromatic nitrogens is 2. The molecular formula is C8H12BrClN2. The highest BCUT2D eigenvalue weighted by Crippen LogP contribution is 2.34. The van der Waals surface area contributed by atoms with Crippen LogP contribution in [-0.2, 0) is 12.5 Å². The molecule has 0 aliphatic carbocycles. The third-order valence-electron chi connectivity index (χ3n) is 1.68. The van der Waals surface area contributed by atoms with E-state index in [4.69, 9.17) is 11.6 Å². The number of halogens is 2. The maximum atomic E-state index is 6.07. The third-order valence-corrected chi connectivity index (χ3v) is 2.67. The van der Waals surface area contributed by atoms with Crippen molar-refractivity contribution in [1.82, 2.24) is 9.78 Å². The molecule has 0 amide bonds. The lowest BCUT2D eigenvalue weighted by Gasteiger charge is -2.17. The highest BCUT2D eigenvalue weighted by Gasteiger charge is 2.24. The van der Waals surface area contributed by atoms with Crippen LogP contribution < -0.4 is 0 Å².